The Morgan fingerprint density at radius 1 is 0.632 bits per heavy atom. The summed E-state index contributed by atoms with van der Waals surface area (Å²) < 4.78 is 0. The van der Waals surface area contributed by atoms with Crippen LogP contribution < -0.4 is 0 Å². The van der Waals surface area contributed by atoms with Crippen molar-refractivity contribution in [2.75, 3.05) is 0 Å². The van der Waals surface area contributed by atoms with Gasteiger partial charge in [-0.25, -0.2) is 0 Å². The molecule has 3 aromatic rings. The highest BCUT2D eigenvalue weighted by Crippen LogP contribution is 2.38. The van der Waals surface area contributed by atoms with Crippen LogP contribution in [0.15, 0.2) is 48.5 Å². The maximum absolute atomic E-state index is 2.30. The highest BCUT2D eigenvalue weighted by atomic mass is 14.2. The van der Waals surface area contributed by atoms with Crippen molar-refractivity contribution in [2.45, 2.75) is 33.1 Å². The van der Waals surface area contributed by atoms with Crippen LogP contribution in [-0.4, -0.2) is 0 Å². The van der Waals surface area contributed by atoms with Gasteiger partial charge < -0.3 is 0 Å². The molecule has 0 atom stereocenters. The highest BCUT2D eigenvalue weighted by Gasteiger charge is 2.21. The first-order valence-electron chi connectivity index (χ1n) is 6.90. The van der Waals surface area contributed by atoms with Crippen LogP contribution in [0.2, 0.25) is 0 Å². The summed E-state index contributed by atoms with van der Waals surface area (Å²) >= 11 is 0. The number of hydrogen-bond donors (Lipinski definition) is 0. The fraction of sp³-hybridized carbons (Fsp3) is 0.263. The number of aryl methyl sites for hydroxylation is 1. The van der Waals surface area contributed by atoms with Gasteiger partial charge in [-0.2, -0.15) is 0 Å². The summed E-state index contributed by atoms with van der Waals surface area (Å²) in [4.78, 5) is 0. The minimum Gasteiger partial charge on any atom is -0.0616 e. The minimum absolute atomic E-state index is 0.160. The molecule has 0 spiro atoms. The molecule has 0 aromatic heterocycles. The lowest BCUT2D eigenvalue weighted by atomic mass is 9.79. The standard InChI is InChI=1S/C19H20/c1-13-14-9-5-6-10-15(14)16-11-7-8-12-17(16)18(13)19(2,3)4/h5-12H,1-4H3. The molecule has 0 aliphatic carbocycles. The number of hydrogen-bond acceptors (Lipinski definition) is 0. The zero-order valence-corrected chi connectivity index (χ0v) is 12.1. The van der Waals surface area contributed by atoms with E-state index in [4.69, 9.17) is 0 Å². The molecule has 0 heteroatoms. The van der Waals surface area contributed by atoms with Crippen molar-refractivity contribution in [3.05, 3.63) is 59.7 Å². The van der Waals surface area contributed by atoms with E-state index in [1.807, 2.05) is 0 Å². The van der Waals surface area contributed by atoms with Crippen molar-refractivity contribution >= 4 is 21.5 Å². The van der Waals surface area contributed by atoms with Crippen molar-refractivity contribution in [1.29, 1.82) is 0 Å². The predicted octanol–water partition coefficient (Wildman–Crippen LogP) is 5.60. The lowest BCUT2D eigenvalue weighted by Crippen LogP contribution is -2.14. The van der Waals surface area contributed by atoms with Crippen LogP contribution in [-0.2, 0) is 5.41 Å². The summed E-state index contributed by atoms with van der Waals surface area (Å²) in [6, 6.07) is 17.5. The Hall–Kier alpha value is -1.82. The van der Waals surface area contributed by atoms with Crippen LogP contribution in [0.5, 0.6) is 0 Å². The van der Waals surface area contributed by atoms with E-state index in [-0.39, 0.29) is 5.41 Å². The van der Waals surface area contributed by atoms with E-state index in [9.17, 15) is 0 Å². The molecule has 0 saturated heterocycles. The fourth-order valence-corrected chi connectivity index (χ4v) is 3.28. The molecule has 19 heavy (non-hydrogen) atoms. The summed E-state index contributed by atoms with van der Waals surface area (Å²) in [5.41, 5.74) is 3.05. The molecule has 0 N–H and O–H groups in total. The molecular weight excluding hydrogens is 228 g/mol. The summed E-state index contributed by atoms with van der Waals surface area (Å²) in [7, 11) is 0. The van der Waals surface area contributed by atoms with Crippen LogP contribution in [0, 0.1) is 6.92 Å². The normalized spacial score (nSPS) is 12.2. The van der Waals surface area contributed by atoms with E-state index >= 15 is 0 Å². The van der Waals surface area contributed by atoms with Crippen LogP contribution in [0.25, 0.3) is 21.5 Å². The van der Waals surface area contributed by atoms with Crippen molar-refractivity contribution in [3.8, 4) is 0 Å². The predicted molar refractivity (Wildman–Crippen MR) is 84.9 cm³/mol. The van der Waals surface area contributed by atoms with Gasteiger partial charge in [-0.1, -0.05) is 69.3 Å². The largest absolute Gasteiger partial charge is 0.0616 e. The van der Waals surface area contributed by atoms with Crippen molar-refractivity contribution in [3.63, 3.8) is 0 Å². The van der Waals surface area contributed by atoms with Gasteiger partial charge in [-0.3, -0.25) is 0 Å². The molecule has 0 nitrogen and oxygen atoms in total. The zero-order chi connectivity index (χ0) is 13.6. The first-order valence-corrected chi connectivity index (χ1v) is 6.90. The second kappa shape index (κ2) is 4.09. The molecule has 0 amide bonds. The maximum atomic E-state index is 2.30. The molecule has 0 fully saturated rings. The molecular formula is C19H20. The van der Waals surface area contributed by atoms with E-state index in [0.717, 1.165) is 0 Å². The van der Waals surface area contributed by atoms with Crippen LogP contribution in [0.1, 0.15) is 31.9 Å². The Kier molecular flexibility index (Phi) is 2.63. The van der Waals surface area contributed by atoms with Gasteiger partial charge >= 0.3 is 0 Å². The van der Waals surface area contributed by atoms with Crippen LogP contribution >= 0.6 is 0 Å². The van der Waals surface area contributed by atoms with Gasteiger partial charge in [0.2, 0.25) is 0 Å². The fourth-order valence-electron chi connectivity index (χ4n) is 3.28. The van der Waals surface area contributed by atoms with Gasteiger partial charge in [-0.15, -0.1) is 0 Å². The number of rotatable bonds is 0. The Labute approximate surface area is 115 Å². The highest BCUT2D eigenvalue weighted by molar-refractivity contribution is 6.10. The van der Waals surface area contributed by atoms with Gasteiger partial charge in [0.05, 0.1) is 0 Å². The second-order valence-corrected chi connectivity index (χ2v) is 6.34. The maximum Gasteiger partial charge on any atom is -0.0102 e. The van der Waals surface area contributed by atoms with Crippen molar-refractivity contribution in [1.82, 2.24) is 0 Å². The molecule has 0 saturated carbocycles. The molecule has 3 aromatic carbocycles. The first kappa shape index (κ1) is 12.2. The molecule has 0 unspecified atom stereocenters. The van der Waals surface area contributed by atoms with Gasteiger partial charge in [0, 0.05) is 0 Å². The van der Waals surface area contributed by atoms with Gasteiger partial charge in [0.25, 0.3) is 0 Å². The SMILES string of the molecule is Cc1c(C(C)(C)C)c2ccccc2c2ccccc12. The van der Waals surface area contributed by atoms with Crippen molar-refractivity contribution in [2.24, 2.45) is 0 Å². The third-order valence-electron chi connectivity index (χ3n) is 3.94. The first-order chi connectivity index (χ1) is 9.00. The zero-order valence-electron chi connectivity index (χ0n) is 12.1. The van der Waals surface area contributed by atoms with Crippen molar-refractivity contribution < 1.29 is 0 Å². The minimum atomic E-state index is 0.160. The number of fused-ring (bicyclic) bond motifs is 3. The molecule has 0 heterocycles. The van der Waals surface area contributed by atoms with E-state index in [2.05, 4.69) is 76.2 Å². The molecule has 0 radical (unpaired) electrons. The Morgan fingerprint density at radius 3 is 1.58 bits per heavy atom. The van der Waals surface area contributed by atoms with Crippen LogP contribution in [0.3, 0.4) is 0 Å². The second-order valence-electron chi connectivity index (χ2n) is 6.34. The van der Waals surface area contributed by atoms with E-state index in [1.54, 1.807) is 0 Å². The van der Waals surface area contributed by atoms with E-state index in [1.165, 1.54) is 32.7 Å². The number of benzene rings is 3. The van der Waals surface area contributed by atoms with Gasteiger partial charge in [0.1, 0.15) is 0 Å². The quantitative estimate of drug-likeness (QED) is 0.454. The summed E-state index contributed by atoms with van der Waals surface area (Å²) in [6.07, 6.45) is 0. The van der Waals surface area contributed by atoms with E-state index in [0.29, 0.717) is 0 Å². The monoisotopic (exact) mass is 248 g/mol. The average molecular weight is 248 g/mol. The molecule has 0 bridgehead atoms. The summed E-state index contributed by atoms with van der Waals surface area (Å²) in [5.74, 6) is 0. The summed E-state index contributed by atoms with van der Waals surface area (Å²) in [5, 5.41) is 5.51. The Morgan fingerprint density at radius 2 is 1.05 bits per heavy atom. The van der Waals surface area contributed by atoms with Crippen LogP contribution in [0.4, 0.5) is 0 Å². The molecule has 0 aliphatic rings. The molecule has 96 valence electrons. The van der Waals surface area contributed by atoms with Gasteiger partial charge in [-0.05, 0) is 45.0 Å². The Balaban J connectivity index is 2.63. The van der Waals surface area contributed by atoms with Gasteiger partial charge in [0.15, 0.2) is 0 Å². The third-order valence-corrected chi connectivity index (χ3v) is 3.94. The smallest absolute Gasteiger partial charge is 0.0102 e. The lowest BCUT2D eigenvalue weighted by molar-refractivity contribution is 0.593. The third kappa shape index (κ3) is 1.83. The average Bonchev–Trinajstić information content (AvgIpc) is 2.38. The molecule has 3 rings (SSSR count). The topological polar surface area (TPSA) is 0 Å². The lowest BCUT2D eigenvalue weighted by Gasteiger charge is -2.25. The summed E-state index contributed by atoms with van der Waals surface area (Å²) in [6.45, 7) is 9.17. The Bertz CT molecular complexity index is 758. The van der Waals surface area contributed by atoms with E-state index < -0.39 is 0 Å². The molecule has 0 aliphatic heterocycles.